The molecule has 0 unspecified atom stereocenters. The number of non-ortho nitro benzene ring substituents is 1. The predicted molar refractivity (Wildman–Crippen MR) is 87.2 cm³/mol. The van der Waals surface area contributed by atoms with Crippen LogP contribution in [0, 0.1) is 10.1 Å². The Morgan fingerprint density at radius 2 is 1.58 bits per heavy atom. The highest BCUT2D eigenvalue weighted by atomic mass is 32.2. The second-order valence-electron chi connectivity index (χ2n) is 5.27. The molecule has 126 valence electrons. The summed E-state index contributed by atoms with van der Waals surface area (Å²) >= 11 is 0. The van der Waals surface area contributed by atoms with Gasteiger partial charge in [-0.1, -0.05) is 12.1 Å². The Kier molecular flexibility index (Phi) is 5.30. The van der Waals surface area contributed by atoms with E-state index >= 15 is 0 Å². The lowest BCUT2D eigenvalue weighted by molar-refractivity contribution is -0.384. The molecule has 0 N–H and O–H groups in total. The Morgan fingerprint density at radius 3 is 2.08 bits per heavy atom. The molecule has 0 fully saturated rings. The summed E-state index contributed by atoms with van der Waals surface area (Å²) in [6.07, 6.45) is 1.14. The maximum absolute atomic E-state index is 11.9. The highest BCUT2D eigenvalue weighted by Gasteiger charge is 2.10. The van der Waals surface area contributed by atoms with Crippen molar-refractivity contribution in [3.63, 3.8) is 0 Å². The number of carbonyl (C=O) groups is 1. The maximum Gasteiger partial charge on any atom is 0.338 e. The summed E-state index contributed by atoms with van der Waals surface area (Å²) in [5, 5.41) is 10.6. The number of nitro benzene ring substituents is 1. The van der Waals surface area contributed by atoms with E-state index in [1.165, 1.54) is 36.4 Å². The van der Waals surface area contributed by atoms with Gasteiger partial charge in [-0.25, -0.2) is 13.2 Å². The minimum Gasteiger partial charge on any atom is -0.457 e. The van der Waals surface area contributed by atoms with Crippen LogP contribution in [0.25, 0.3) is 0 Å². The standard InChI is InChI=1S/C16H15NO6S/c1-24(21,22)11-13-2-6-14(7-3-13)16(18)23-10-12-4-8-15(9-5-12)17(19)20/h2-9H,10-11H2,1H3. The molecule has 24 heavy (non-hydrogen) atoms. The Morgan fingerprint density at radius 1 is 1.04 bits per heavy atom. The highest BCUT2D eigenvalue weighted by Crippen LogP contribution is 2.14. The number of hydrogen-bond acceptors (Lipinski definition) is 6. The topological polar surface area (TPSA) is 104 Å². The van der Waals surface area contributed by atoms with Crippen LogP contribution < -0.4 is 0 Å². The number of nitrogens with zero attached hydrogens (tertiary/aromatic N) is 1. The molecule has 0 radical (unpaired) electrons. The second-order valence-corrected chi connectivity index (χ2v) is 7.41. The van der Waals surface area contributed by atoms with E-state index in [9.17, 15) is 23.3 Å². The van der Waals surface area contributed by atoms with E-state index in [0.717, 1.165) is 6.26 Å². The lowest BCUT2D eigenvalue weighted by Crippen LogP contribution is -2.06. The fourth-order valence-corrected chi connectivity index (χ4v) is 2.78. The zero-order valence-corrected chi connectivity index (χ0v) is 13.7. The molecule has 0 saturated heterocycles. The van der Waals surface area contributed by atoms with Gasteiger partial charge in [0.25, 0.3) is 5.69 Å². The van der Waals surface area contributed by atoms with Crippen molar-refractivity contribution in [2.75, 3.05) is 6.26 Å². The Balaban J connectivity index is 1.96. The molecule has 0 saturated carbocycles. The van der Waals surface area contributed by atoms with Gasteiger partial charge in [-0.3, -0.25) is 10.1 Å². The van der Waals surface area contributed by atoms with Gasteiger partial charge in [-0.05, 0) is 35.4 Å². The first-order chi connectivity index (χ1) is 11.2. The molecular weight excluding hydrogens is 334 g/mol. The van der Waals surface area contributed by atoms with Gasteiger partial charge in [0.15, 0.2) is 9.84 Å². The van der Waals surface area contributed by atoms with E-state index in [-0.39, 0.29) is 18.0 Å². The number of benzene rings is 2. The molecule has 0 atom stereocenters. The van der Waals surface area contributed by atoms with Crippen molar-refractivity contribution in [2.45, 2.75) is 12.4 Å². The molecule has 8 heteroatoms. The molecule has 0 aliphatic carbocycles. The first-order valence-corrected chi connectivity index (χ1v) is 8.98. The van der Waals surface area contributed by atoms with Crippen molar-refractivity contribution in [3.05, 3.63) is 75.3 Å². The molecule has 0 heterocycles. The average Bonchev–Trinajstić information content (AvgIpc) is 2.52. The van der Waals surface area contributed by atoms with Crippen LogP contribution in [0.3, 0.4) is 0 Å². The molecule has 0 aliphatic rings. The molecule has 2 aromatic rings. The van der Waals surface area contributed by atoms with Crippen molar-refractivity contribution in [1.29, 1.82) is 0 Å². The second kappa shape index (κ2) is 7.22. The van der Waals surface area contributed by atoms with E-state index in [0.29, 0.717) is 16.7 Å². The molecule has 0 aliphatic heterocycles. The SMILES string of the molecule is CS(=O)(=O)Cc1ccc(C(=O)OCc2ccc([N+](=O)[O-])cc2)cc1. The number of carbonyl (C=O) groups excluding carboxylic acids is 1. The number of hydrogen-bond donors (Lipinski definition) is 0. The minimum atomic E-state index is -3.13. The van der Waals surface area contributed by atoms with Crippen LogP contribution in [0.2, 0.25) is 0 Å². The normalized spacial score (nSPS) is 11.0. The number of esters is 1. The van der Waals surface area contributed by atoms with Gasteiger partial charge >= 0.3 is 5.97 Å². The first kappa shape index (κ1) is 17.6. The quantitative estimate of drug-likeness (QED) is 0.451. The van der Waals surface area contributed by atoms with E-state index < -0.39 is 20.7 Å². The van der Waals surface area contributed by atoms with Gasteiger partial charge in [0.1, 0.15) is 6.61 Å². The van der Waals surface area contributed by atoms with Crippen molar-refractivity contribution in [2.24, 2.45) is 0 Å². The number of nitro groups is 1. The van der Waals surface area contributed by atoms with Crippen LogP contribution in [0.4, 0.5) is 5.69 Å². The lowest BCUT2D eigenvalue weighted by Gasteiger charge is -2.06. The van der Waals surface area contributed by atoms with Crippen LogP contribution in [0.15, 0.2) is 48.5 Å². The van der Waals surface area contributed by atoms with Gasteiger partial charge in [-0.15, -0.1) is 0 Å². The van der Waals surface area contributed by atoms with Gasteiger partial charge in [0.2, 0.25) is 0 Å². The van der Waals surface area contributed by atoms with Gasteiger partial charge in [-0.2, -0.15) is 0 Å². The third-order valence-corrected chi connectivity index (χ3v) is 3.99. The van der Waals surface area contributed by atoms with E-state index in [2.05, 4.69) is 0 Å². The molecule has 0 aromatic heterocycles. The molecule has 0 amide bonds. The number of ether oxygens (including phenoxy) is 1. The fourth-order valence-electron chi connectivity index (χ4n) is 1.99. The first-order valence-electron chi connectivity index (χ1n) is 6.92. The Labute approximate surface area is 139 Å². The van der Waals surface area contributed by atoms with Gasteiger partial charge in [0, 0.05) is 18.4 Å². The summed E-state index contributed by atoms with van der Waals surface area (Å²) in [6.45, 7) is -0.0120. The Hall–Kier alpha value is -2.74. The van der Waals surface area contributed by atoms with Crippen LogP contribution in [0.5, 0.6) is 0 Å². The molecule has 7 nitrogen and oxygen atoms in total. The van der Waals surface area contributed by atoms with E-state index in [1.54, 1.807) is 12.1 Å². The monoisotopic (exact) mass is 349 g/mol. The third kappa shape index (κ3) is 5.17. The highest BCUT2D eigenvalue weighted by molar-refractivity contribution is 7.89. The fraction of sp³-hybridized carbons (Fsp3) is 0.188. The van der Waals surface area contributed by atoms with Gasteiger partial charge < -0.3 is 4.74 Å². The summed E-state index contributed by atoms with van der Waals surface area (Å²) in [7, 11) is -3.13. The van der Waals surface area contributed by atoms with Crippen molar-refractivity contribution in [3.8, 4) is 0 Å². The van der Waals surface area contributed by atoms with Crippen molar-refractivity contribution < 1.29 is 22.9 Å². The summed E-state index contributed by atoms with van der Waals surface area (Å²) in [6, 6.07) is 11.8. The molecular formula is C16H15NO6S. The average molecular weight is 349 g/mol. The number of rotatable bonds is 6. The molecule has 2 aromatic carbocycles. The summed E-state index contributed by atoms with van der Waals surface area (Å²) in [5.41, 5.74) is 1.48. The third-order valence-electron chi connectivity index (χ3n) is 3.14. The van der Waals surface area contributed by atoms with Crippen LogP contribution in [0.1, 0.15) is 21.5 Å². The minimum absolute atomic E-state index is 0.0120. The Bertz CT molecular complexity index is 841. The van der Waals surface area contributed by atoms with Crippen LogP contribution in [-0.2, 0) is 26.9 Å². The largest absolute Gasteiger partial charge is 0.457 e. The number of sulfone groups is 1. The molecule has 2 rings (SSSR count). The van der Waals surface area contributed by atoms with Gasteiger partial charge in [0.05, 0.1) is 16.2 Å². The lowest BCUT2D eigenvalue weighted by atomic mass is 10.1. The van der Waals surface area contributed by atoms with Crippen LogP contribution in [-0.4, -0.2) is 25.6 Å². The smallest absolute Gasteiger partial charge is 0.338 e. The molecule has 0 spiro atoms. The van der Waals surface area contributed by atoms with E-state index in [1.807, 2.05) is 0 Å². The van der Waals surface area contributed by atoms with Crippen molar-refractivity contribution >= 4 is 21.5 Å². The maximum atomic E-state index is 11.9. The summed E-state index contributed by atoms with van der Waals surface area (Å²) in [4.78, 5) is 22.0. The predicted octanol–water partition coefficient (Wildman–Crippen LogP) is 2.50. The molecule has 0 bridgehead atoms. The van der Waals surface area contributed by atoms with Crippen LogP contribution >= 0.6 is 0 Å². The van der Waals surface area contributed by atoms with E-state index in [4.69, 9.17) is 4.74 Å². The zero-order chi connectivity index (χ0) is 17.7. The zero-order valence-electron chi connectivity index (χ0n) is 12.8. The summed E-state index contributed by atoms with van der Waals surface area (Å²) < 4.78 is 27.6. The summed E-state index contributed by atoms with van der Waals surface area (Å²) in [5.74, 6) is -0.648. The van der Waals surface area contributed by atoms with Crippen molar-refractivity contribution in [1.82, 2.24) is 0 Å².